The summed E-state index contributed by atoms with van der Waals surface area (Å²) in [7, 11) is 0. The molecular formula is C34H31BrF2N2O4. The molecule has 43 heavy (non-hydrogen) atoms. The number of carbonyl (C=O) groups is 1. The molecule has 0 bridgehead atoms. The predicted octanol–water partition coefficient (Wildman–Crippen LogP) is 6.35. The Morgan fingerprint density at radius 1 is 0.953 bits per heavy atom. The van der Waals surface area contributed by atoms with Crippen LogP contribution >= 0.6 is 15.9 Å². The molecule has 6 nitrogen and oxygen atoms in total. The van der Waals surface area contributed by atoms with Crippen molar-refractivity contribution in [3.63, 3.8) is 0 Å². The van der Waals surface area contributed by atoms with Crippen LogP contribution in [0.3, 0.4) is 0 Å². The summed E-state index contributed by atoms with van der Waals surface area (Å²) in [4.78, 5) is 19.3. The zero-order valence-electron chi connectivity index (χ0n) is 23.3. The number of ether oxygens (including phenoxy) is 2. The molecule has 1 aliphatic rings. The van der Waals surface area contributed by atoms with Crippen molar-refractivity contribution < 1.29 is 28.2 Å². The first-order valence-corrected chi connectivity index (χ1v) is 14.8. The quantitative estimate of drug-likeness (QED) is 0.176. The molecule has 2 atom stereocenters. The maximum Gasteiger partial charge on any atom is 0.252 e. The molecule has 9 heteroatoms. The number of aliphatic hydroxyl groups excluding tert-OH is 1. The van der Waals surface area contributed by atoms with Gasteiger partial charge in [0.05, 0.1) is 6.61 Å². The number of amides is 1. The third-order valence-corrected chi connectivity index (χ3v) is 7.88. The monoisotopic (exact) mass is 648 g/mol. The van der Waals surface area contributed by atoms with E-state index in [0.717, 1.165) is 21.7 Å². The minimum Gasteiger partial charge on any atom is -0.494 e. The van der Waals surface area contributed by atoms with Gasteiger partial charge in [0.1, 0.15) is 17.4 Å². The smallest absolute Gasteiger partial charge is 0.252 e. The molecule has 2 N–H and O–H groups in total. The van der Waals surface area contributed by atoms with Crippen LogP contribution in [-0.4, -0.2) is 42.2 Å². The lowest BCUT2D eigenvalue weighted by molar-refractivity contribution is -0.128. The average molecular weight is 650 g/mol. The number of aliphatic imine (C=N–C) groups is 1. The number of nitrogens with zero attached hydrogens (tertiary/aromatic N) is 1. The number of halogens is 3. The normalized spacial score (nSPS) is 17.7. The number of nitrogens with one attached hydrogen (secondary N) is 1. The third-order valence-electron chi connectivity index (χ3n) is 7.16. The molecule has 5 rings (SSSR count). The first-order chi connectivity index (χ1) is 20.9. The number of benzene rings is 4. The van der Waals surface area contributed by atoms with E-state index in [-0.39, 0.29) is 31.9 Å². The Balaban J connectivity index is 1.51. The van der Waals surface area contributed by atoms with E-state index in [1.54, 1.807) is 12.1 Å². The fourth-order valence-corrected chi connectivity index (χ4v) is 5.58. The summed E-state index contributed by atoms with van der Waals surface area (Å²) in [6.45, 7) is 0.579. The molecule has 0 saturated heterocycles. The Bertz CT molecular complexity index is 1560. The second-order valence-corrected chi connectivity index (χ2v) is 11.1. The van der Waals surface area contributed by atoms with Gasteiger partial charge in [-0.05, 0) is 60.0 Å². The van der Waals surface area contributed by atoms with Gasteiger partial charge in [-0.3, -0.25) is 4.79 Å². The van der Waals surface area contributed by atoms with Crippen molar-refractivity contribution in [2.45, 2.75) is 30.9 Å². The van der Waals surface area contributed by atoms with Crippen molar-refractivity contribution in [2.24, 2.45) is 4.99 Å². The van der Waals surface area contributed by atoms with Crippen LogP contribution in [0.5, 0.6) is 5.75 Å². The maximum atomic E-state index is 14.3. The summed E-state index contributed by atoms with van der Waals surface area (Å²) < 4.78 is 40.5. The van der Waals surface area contributed by atoms with Gasteiger partial charge in [-0.25, -0.2) is 13.8 Å². The fourth-order valence-electron chi connectivity index (χ4n) is 5.08. The molecule has 1 aliphatic heterocycles. The summed E-state index contributed by atoms with van der Waals surface area (Å²) >= 11 is 3.64. The number of carbonyl (C=O) groups excluding carboxylic acids is 1. The Kier molecular flexibility index (Phi) is 9.84. The molecule has 1 heterocycles. The van der Waals surface area contributed by atoms with Crippen molar-refractivity contribution in [2.75, 3.05) is 19.8 Å². The van der Waals surface area contributed by atoms with Crippen molar-refractivity contribution in [3.05, 3.63) is 135 Å². The van der Waals surface area contributed by atoms with E-state index in [4.69, 9.17) is 19.6 Å². The third kappa shape index (κ3) is 7.29. The lowest BCUT2D eigenvalue weighted by Gasteiger charge is -2.31. The van der Waals surface area contributed by atoms with E-state index >= 15 is 0 Å². The molecule has 0 spiro atoms. The van der Waals surface area contributed by atoms with Gasteiger partial charge in [0.25, 0.3) is 5.91 Å². The first kappa shape index (κ1) is 30.4. The van der Waals surface area contributed by atoms with Crippen LogP contribution in [0.4, 0.5) is 8.78 Å². The predicted molar refractivity (Wildman–Crippen MR) is 164 cm³/mol. The summed E-state index contributed by atoms with van der Waals surface area (Å²) in [5, 5.41) is 12.0. The number of rotatable bonds is 12. The van der Waals surface area contributed by atoms with Gasteiger partial charge in [-0.1, -0.05) is 64.5 Å². The molecule has 0 radical (unpaired) electrons. The molecular weight excluding hydrogens is 618 g/mol. The van der Waals surface area contributed by atoms with E-state index in [9.17, 15) is 13.6 Å². The van der Waals surface area contributed by atoms with Crippen molar-refractivity contribution in [1.29, 1.82) is 0 Å². The molecule has 222 valence electrons. The van der Waals surface area contributed by atoms with Gasteiger partial charge in [0.2, 0.25) is 5.90 Å². The van der Waals surface area contributed by atoms with Gasteiger partial charge >= 0.3 is 0 Å². The van der Waals surface area contributed by atoms with Gasteiger partial charge in [0, 0.05) is 47.7 Å². The molecule has 0 aromatic heterocycles. The average Bonchev–Trinajstić information content (AvgIpc) is 3.38. The highest BCUT2D eigenvalue weighted by atomic mass is 79.9. The highest BCUT2D eigenvalue weighted by Crippen LogP contribution is 2.44. The Labute approximate surface area is 257 Å². The van der Waals surface area contributed by atoms with E-state index in [1.165, 1.54) is 12.1 Å². The molecule has 4 aromatic carbocycles. The molecule has 0 saturated carbocycles. The Morgan fingerprint density at radius 2 is 1.65 bits per heavy atom. The van der Waals surface area contributed by atoms with Gasteiger partial charge in [-0.2, -0.15) is 0 Å². The zero-order chi connectivity index (χ0) is 30.2. The lowest BCUT2D eigenvalue weighted by atomic mass is 9.82. The van der Waals surface area contributed by atoms with E-state index in [1.807, 2.05) is 66.7 Å². The lowest BCUT2D eigenvalue weighted by Crippen LogP contribution is -2.50. The van der Waals surface area contributed by atoms with Gasteiger partial charge in [0.15, 0.2) is 11.6 Å². The van der Waals surface area contributed by atoms with Gasteiger partial charge < -0.3 is 19.9 Å². The minimum atomic E-state index is -1.40. The summed E-state index contributed by atoms with van der Waals surface area (Å²) in [6.07, 6.45) is 0.213. The topological polar surface area (TPSA) is 80.2 Å². The highest BCUT2D eigenvalue weighted by Gasteiger charge is 2.53. The largest absolute Gasteiger partial charge is 0.494 e. The van der Waals surface area contributed by atoms with E-state index in [0.29, 0.717) is 35.8 Å². The maximum absolute atomic E-state index is 14.3. The zero-order valence-corrected chi connectivity index (χ0v) is 24.9. The Morgan fingerprint density at radius 3 is 2.35 bits per heavy atom. The highest BCUT2D eigenvalue weighted by molar-refractivity contribution is 9.10. The molecule has 1 amide bonds. The summed E-state index contributed by atoms with van der Waals surface area (Å²) in [5.74, 6) is -0.757. The van der Waals surface area contributed by atoms with E-state index in [2.05, 4.69) is 21.2 Å². The van der Waals surface area contributed by atoms with Crippen molar-refractivity contribution in [1.82, 2.24) is 5.32 Å². The Hall–Kier alpha value is -4.08. The van der Waals surface area contributed by atoms with Gasteiger partial charge in [-0.15, -0.1) is 0 Å². The van der Waals surface area contributed by atoms with Crippen LogP contribution in [0.2, 0.25) is 0 Å². The van der Waals surface area contributed by atoms with Crippen LogP contribution in [0, 0.1) is 11.6 Å². The van der Waals surface area contributed by atoms with Crippen LogP contribution in [-0.2, 0) is 22.4 Å². The van der Waals surface area contributed by atoms with E-state index < -0.39 is 23.3 Å². The number of hydrogen-bond acceptors (Lipinski definition) is 5. The molecule has 0 unspecified atom stereocenters. The number of hydrogen-bond donors (Lipinski definition) is 2. The fraction of sp³-hybridized carbons (Fsp3) is 0.235. The van der Waals surface area contributed by atoms with Crippen LogP contribution in [0.15, 0.2) is 107 Å². The first-order valence-electron chi connectivity index (χ1n) is 14.0. The molecule has 0 fully saturated rings. The standard InChI is InChI=1S/C34H31BrF2N2O4/c35-30-10-5-4-9-29(30)31-34(22-23-7-2-1-3-8-23,33(41)38-16-15-24-19-26(36)21-27(37)20-24)39-32(43-31)25-11-13-28(14-12-25)42-18-6-17-40/h1-5,7-14,19-21,31,40H,6,15-18,22H2,(H,38,41)/t31-,34-/m1/s1. The van der Waals surface area contributed by atoms with Crippen molar-refractivity contribution >= 4 is 27.7 Å². The van der Waals surface area contributed by atoms with Crippen LogP contribution in [0.1, 0.15) is 34.8 Å². The second kappa shape index (κ2) is 13.9. The second-order valence-electron chi connectivity index (χ2n) is 10.3. The summed E-state index contributed by atoms with van der Waals surface area (Å²) in [6, 6.07) is 27.7. The van der Waals surface area contributed by atoms with Crippen molar-refractivity contribution in [3.8, 4) is 5.75 Å². The molecule has 0 aliphatic carbocycles. The SMILES string of the molecule is O=C(NCCc1cc(F)cc(F)c1)[C@]1(Cc2ccccc2)N=C(c2ccc(OCCCO)cc2)O[C@@H]1c1ccccc1Br. The van der Waals surface area contributed by atoms with Crippen LogP contribution < -0.4 is 10.1 Å². The van der Waals surface area contributed by atoms with Crippen LogP contribution in [0.25, 0.3) is 0 Å². The minimum absolute atomic E-state index is 0.0455. The molecule has 4 aromatic rings. The summed E-state index contributed by atoms with van der Waals surface area (Å²) in [5.41, 5.74) is 1.35. The number of aliphatic hydroxyl groups is 1.